The third-order valence-corrected chi connectivity index (χ3v) is 6.88. The van der Waals surface area contributed by atoms with Crippen LogP contribution in [0, 0.1) is 0 Å². The SMILES string of the molecule is O[C@H](COc1ccc(C2CCCCC2)cc1)C[NH+]1CC[NH+](Cc2ccccc2)CC1. The van der Waals surface area contributed by atoms with Gasteiger partial charge in [-0.2, -0.15) is 0 Å². The lowest BCUT2D eigenvalue weighted by molar-refractivity contribution is -1.02. The number of hydrogen-bond acceptors (Lipinski definition) is 2. The highest BCUT2D eigenvalue weighted by atomic mass is 16.5. The standard InChI is InChI=1S/C26H36N2O2/c29-25(20-28-17-15-27(16-18-28)19-22-7-3-1-4-8-22)21-30-26-13-11-24(12-14-26)23-9-5-2-6-10-23/h1,3-4,7-8,11-14,23,25,29H,2,5-6,9-10,15-21H2/p+2/t25-/m0/s1. The predicted octanol–water partition coefficient (Wildman–Crippen LogP) is 1.46. The highest BCUT2D eigenvalue weighted by Gasteiger charge is 2.25. The normalized spacial score (nSPS) is 23.8. The van der Waals surface area contributed by atoms with Gasteiger partial charge < -0.3 is 19.6 Å². The summed E-state index contributed by atoms with van der Waals surface area (Å²) >= 11 is 0. The van der Waals surface area contributed by atoms with E-state index in [0.717, 1.165) is 37.8 Å². The van der Waals surface area contributed by atoms with E-state index in [4.69, 9.17) is 4.74 Å². The van der Waals surface area contributed by atoms with E-state index in [2.05, 4.69) is 54.6 Å². The zero-order chi connectivity index (χ0) is 20.6. The van der Waals surface area contributed by atoms with Gasteiger partial charge in [-0.25, -0.2) is 0 Å². The Labute approximate surface area is 181 Å². The maximum Gasteiger partial charge on any atom is 0.137 e. The Hall–Kier alpha value is -1.88. The largest absolute Gasteiger partial charge is 0.491 e. The minimum Gasteiger partial charge on any atom is -0.491 e. The van der Waals surface area contributed by atoms with E-state index in [1.807, 2.05) is 0 Å². The average molecular weight is 411 g/mol. The molecular weight excluding hydrogens is 372 g/mol. The Morgan fingerprint density at radius 2 is 1.50 bits per heavy atom. The number of benzene rings is 2. The number of aliphatic hydroxyl groups excluding tert-OH is 1. The molecule has 2 aromatic carbocycles. The Kier molecular flexibility index (Phi) is 7.79. The van der Waals surface area contributed by atoms with Crippen LogP contribution in [0.1, 0.15) is 49.1 Å². The fraction of sp³-hybridized carbons (Fsp3) is 0.538. The number of nitrogens with one attached hydrogen (secondary N) is 2. The molecule has 3 N–H and O–H groups in total. The van der Waals surface area contributed by atoms with E-state index in [1.165, 1.54) is 61.2 Å². The number of quaternary nitrogens is 2. The molecule has 1 aliphatic heterocycles. The van der Waals surface area contributed by atoms with Crippen molar-refractivity contribution in [3.8, 4) is 5.75 Å². The van der Waals surface area contributed by atoms with Crippen molar-refractivity contribution < 1.29 is 19.6 Å². The van der Waals surface area contributed by atoms with Crippen molar-refractivity contribution in [2.75, 3.05) is 39.3 Å². The van der Waals surface area contributed by atoms with Gasteiger partial charge in [-0.05, 0) is 36.5 Å². The summed E-state index contributed by atoms with van der Waals surface area (Å²) in [7, 11) is 0. The first-order chi connectivity index (χ1) is 14.8. The fourth-order valence-corrected chi connectivity index (χ4v) is 5.08. The van der Waals surface area contributed by atoms with E-state index in [-0.39, 0.29) is 0 Å². The van der Waals surface area contributed by atoms with Gasteiger partial charge >= 0.3 is 0 Å². The van der Waals surface area contributed by atoms with Crippen LogP contribution >= 0.6 is 0 Å². The second kappa shape index (κ2) is 10.9. The second-order valence-corrected chi connectivity index (χ2v) is 9.24. The van der Waals surface area contributed by atoms with E-state index < -0.39 is 6.10 Å². The lowest BCUT2D eigenvalue weighted by Gasteiger charge is -2.30. The fourth-order valence-electron chi connectivity index (χ4n) is 5.08. The van der Waals surface area contributed by atoms with Crippen molar-refractivity contribution >= 4 is 0 Å². The third-order valence-electron chi connectivity index (χ3n) is 6.88. The summed E-state index contributed by atoms with van der Waals surface area (Å²) in [5, 5.41) is 10.5. The van der Waals surface area contributed by atoms with Crippen LogP contribution in [0.15, 0.2) is 54.6 Å². The van der Waals surface area contributed by atoms with Crippen LogP contribution in [0.2, 0.25) is 0 Å². The summed E-state index contributed by atoms with van der Waals surface area (Å²) in [6.45, 7) is 6.84. The summed E-state index contributed by atoms with van der Waals surface area (Å²) < 4.78 is 5.88. The molecule has 0 amide bonds. The number of ether oxygens (including phenoxy) is 1. The lowest BCUT2D eigenvalue weighted by Crippen LogP contribution is -3.28. The molecule has 162 valence electrons. The predicted molar refractivity (Wildman–Crippen MR) is 120 cm³/mol. The average Bonchev–Trinajstić information content (AvgIpc) is 2.81. The first-order valence-corrected chi connectivity index (χ1v) is 11.9. The van der Waals surface area contributed by atoms with Gasteiger partial charge in [0.05, 0.1) is 0 Å². The van der Waals surface area contributed by atoms with Crippen molar-refractivity contribution in [3.05, 3.63) is 65.7 Å². The van der Waals surface area contributed by atoms with Crippen LogP contribution in [-0.4, -0.2) is 50.5 Å². The lowest BCUT2D eigenvalue weighted by atomic mass is 9.84. The number of rotatable bonds is 8. The van der Waals surface area contributed by atoms with Crippen LogP contribution in [0.5, 0.6) is 5.75 Å². The van der Waals surface area contributed by atoms with Gasteiger partial charge in [0.1, 0.15) is 57.7 Å². The van der Waals surface area contributed by atoms with Gasteiger partial charge in [0.25, 0.3) is 0 Å². The molecule has 4 nitrogen and oxygen atoms in total. The molecular formula is C26H38N2O2+2. The van der Waals surface area contributed by atoms with E-state index >= 15 is 0 Å². The van der Waals surface area contributed by atoms with Gasteiger partial charge in [0, 0.05) is 5.56 Å². The Balaban J connectivity index is 1.15. The molecule has 0 bridgehead atoms. The first kappa shape index (κ1) is 21.4. The Bertz CT molecular complexity index is 735. The molecule has 0 spiro atoms. The van der Waals surface area contributed by atoms with Crippen LogP contribution in [0.25, 0.3) is 0 Å². The molecule has 0 unspecified atom stereocenters. The quantitative estimate of drug-likeness (QED) is 0.617. The molecule has 1 saturated carbocycles. The summed E-state index contributed by atoms with van der Waals surface area (Å²) in [4.78, 5) is 3.14. The van der Waals surface area contributed by atoms with Crippen LogP contribution < -0.4 is 14.5 Å². The van der Waals surface area contributed by atoms with Crippen molar-refractivity contribution in [1.29, 1.82) is 0 Å². The van der Waals surface area contributed by atoms with Gasteiger partial charge in [-0.3, -0.25) is 0 Å². The van der Waals surface area contributed by atoms with Crippen LogP contribution in [0.4, 0.5) is 0 Å². The van der Waals surface area contributed by atoms with E-state index in [9.17, 15) is 5.11 Å². The van der Waals surface area contributed by atoms with Crippen molar-refractivity contribution in [2.45, 2.75) is 50.7 Å². The third kappa shape index (κ3) is 6.31. The number of aliphatic hydroxyl groups is 1. The molecule has 1 saturated heterocycles. The van der Waals surface area contributed by atoms with Crippen molar-refractivity contribution in [3.63, 3.8) is 0 Å². The molecule has 2 fully saturated rings. The van der Waals surface area contributed by atoms with Gasteiger partial charge in [-0.15, -0.1) is 0 Å². The van der Waals surface area contributed by atoms with E-state index in [1.54, 1.807) is 4.90 Å². The first-order valence-electron chi connectivity index (χ1n) is 11.9. The summed E-state index contributed by atoms with van der Waals surface area (Å²) in [5.74, 6) is 1.60. The molecule has 0 radical (unpaired) electrons. The molecule has 1 atom stereocenters. The molecule has 0 aromatic heterocycles. The molecule has 4 rings (SSSR count). The number of hydrogen-bond donors (Lipinski definition) is 3. The zero-order valence-corrected chi connectivity index (χ0v) is 18.2. The molecule has 4 heteroatoms. The van der Waals surface area contributed by atoms with Gasteiger partial charge in [0.2, 0.25) is 0 Å². The monoisotopic (exact) mass is 410 g/mol. The highest BCUT2D eigenvalue weighted by molar-refractivity contribution is 5.29. The molecule has 1 heterocycles. The maximum atomic E-state index is 10.5. The highest BCUT2D eigenvalue weighted by Crippen LogP contribution is 2.33. The topological polar surface area (TPSA) is 38.3 Å². The molecule has 2 aliphatic rings. The summed E-state index contributed by atoms with van der Waals surface area (Å²) in [6, 6.07) is 19.4. The minimum absolute atomic E-state index is 0.382. The van der Waals surface area contributed by atoms with Gasteiger partial charge in [0.15, 0.2) is 0 Å². The minimum atomic E-state index is -0.409. The number of piperazine rings is 1. The molecule has 2 aromatic rings. The smallest absolute Gasteiger partial charge is 0.137 e. The zero-order valence-electron chi connectivity index (χ0n) is 18.2. The van der Waals surface area contributed by atoms with Crippen molar-refractivity contribution in [1.82, 2.24) is 0 Å². The second-order valence-electron chi connectivity index (χ2n) is 9.24. The molecule has 30 heavy (non-hydrogen) atoms. The van der Waals surface area contributed by atoms with E-state index in [0.29, 0.717) is 6.61 Å². The Morgan fingerprint density at radius 3 is 2.20 bits per heavy atom. The van der Waals surface area contributed by atoms with Crippen molar-refractivity contribution in [2.24, 2.45) is 0 Å². The van der Waals surface area contributed by atoms with Crippen LogP contribution in [-0.2, 0) is 6.54 Å². The van der Waals surface area contributed by atoms with Gasteiger partial charge in [-0.1, -0.05) is 61.7 Å². The summed E-state index contributed by atoms with van der Waals surface area (Å²) in [5.41, 5.74) is 2.86. The summed E-state index contributed by atoms with van der Waals surface area (Å²) in [6.07, 6.45) is 6.35. The Morgan fingerprint density at radius 1 is 0.833 bits per heavy atom. The molecule has 1 aliphatic carbocycles. The van der Waals surface area contributed by atoms with Crippen LogP contribution in [0.3, 0.4) is 0 Å². The maximum absolute atomic E-state index is 10.5.